The van der Waals surface area contributed by atoms with Crippen LogP contribution in [0, 0.1) is 0 Å². The lowest BCUT2D eigenvalue weighted by atomic mass is 10.1. The van der Waals surface area contributed by atoms with Gasteiger partial charge in [-0.1, -0.05) is 0 Å². The molecule has 136 valence electrons. The molecule has 1 aliphatic heterocycles. The highest BCUT2D eigenvalue weighted by molar-refractivity contribution is 7.90. The zero-order valence-electron chi connectivity index (χ0n) is 13.8. The zero-order chi connectivity index (χ0) is 18.8. The fourth-order valence-corrected chi connectivity index (χ4v) is 3.97. The fourth-order valence-electron chi connectivity index (χ4n) is 2.39. The van der Waals surface area contributed by atoms with Crippen LogP contribution in [0.1, 0.15) is 27.1 Å². The Hall–Kier alpha value is -2.46. The maximum Gasteiger partial charge on any atom is 0.305 e. The van der Waals surface area contributed by atoms with Crippen LogP contribution in [0.5, 0.6) is 0 Å². The summed E-state index contributed by atoms with van der Waals surface area (Å²) in [4.78, 5) is 36.1. The van der Waals surface area contributed by atoms with Gasteiger partial charge >= 0.3 is 5.97 Å². The van der Waals surface area contributed by atoms with Gasteiger partial charge in [-0.15, -0.1) is 0 Å². The smallest absolute Gasteiger partial charge is 0.305 e. The van der Waals surface area contributed by atoms with E-state index in [-0.39, 0.29) is 42.1 Å². The Morgan fingerprint density at radius 1 is 1.32 bits per heavy atom. The number of benzene rings is 1. The topological polar surface area (TPSA) is 121 Å². The molecule has 1 heterocycles. The van der Waals surface area contributed by atoms with Crippen LogP contribution in [0.2, 0.25) is 0 Å². The first-order valence-electron chi connectivity index (χ1n) is 7.37. The summed E-state index contributed by atoms with van der Waals surface area (Å²) in [7, 11) is -1.22. The molecule has 0 bridgehead atoms. The van der Waals surface area contributed by atoms with Crippen LogP contribution >= 0.6 is 0 Å². The predicted molar refractivity (Wildman–Crippen MR) is 85.8 cm³/mol. The van der Waals surface area contributed by atoms with Gasteiger partial charge in [-0.05, 0) is 18.2 Å². The van der Waals surface area contributed by atoms with Gasteiger partial charge in [-0.2, -0.15) is 0 Å². The largest absolute Gasteiger partial charge is 0.481 e. The molecule has 0 spiro atoms. The van der Waals surface area contributed by atoms with Crippen LogP contribution in [0.15, 0.2) is 23.1 Å². The third-order valence-electron chi connectivity index (χ3n) is 3.76. The van der Waals surface area contributed by atoms with Crippen molar-refractivity contribution in [1.82, 2.24) is 9.21 Å². The van der Waals surface area contributed by atoms with Crippen molar-refractivity contribution in [2.24, 2.45) is 0 Å². The summed E-state index contributed by atoms with van der Waals surface area (Å²) in [5.41, 5.74) is 0.0671. The Bertz CT molecular complexity index is 819. The molecule has 0 atom stereocenters. The van der Waals surface area contributed by atoms with Crippen molar-refractivity contribution < 1.29 is 32.6 Å². The first-order chi connectivity index (χ1) is 11.7. The number of nitrogens with zero attached hydrogens (tertiary/aromatic N) is 2. The van der Waals surface area contributed by atoms with Crippen LogP contribution in [-0.4, -0.2) is 74.4 Å². The minimum Gasteiger partial charge on any atom is -0.481 e. The van der Waals surface area contributed by atoms with Crippen molar-refractivity contribution in [3.8, 4) is 0 Å². The van der Waals surface area contributed by atoms with Crippen molar-refractivity contribution in [3.63, 3.8) is 0 Å². The van der Waals surface area contributed by atoms with Crippen molar-refractivity contribution in [3.05, 3.63) is 29.3 Å². The number of carbonyl (C=O) groups is 3. The third kappa shape index (κ3) is 3.64. The summed E-state index contributed by atoms with van der Waals surface area (Å²) >= 11 is 0. The number of hydrogen-bond acceptors (Lipinski definition) is 6. The summed E-state index contributed by atoms with van der Waals surface area (Å²) in [6.45, 7) is -0.0757. The van der Waals surface area contributed by atoms with Crippen molar-refractivity contribution in [1.29, 1.82) is 0 Å². The molecular formula is C15H18N2O7S. The fraction of sp³-hybridized carbons (Fsp3) is 0.400. The summed E-state index contributed by atoms with van der Waals surface area (Å²) in [6.07, 6.45) is -0.227. The van der Waals surface area contributed by atoms with Gasteiger partial charge in [0.05, 0.1) is 25.1 Å². The van der Waals surface area contributed by atoms with E-state index in [4.69, 9.17) is 9.84 Å². The average molecular weight is 370 g/mol. The molecule has 0 unspecified atom stereocenters. The van der Waals surface area contributed by atoms with Gasteiger partial charge in [0.1, 0.15) is 4.90 Å². The Labute approximate surface area is 144 Å². The number of sulfonamides is 1. The van der Waals surface area contributed by atoms with Gasteiger partial charge in [0.2, 0.25) is 0 Å². The van der Waals surface area contributed by atoms with Crippen LogP contribution in [0.25, 0.3) is 0 Å². The summed E-state index contributed by atoms with van der Waals surface area (Å²) < 4.78 is 30.5. The van der Waals surface area contributed by atoms with Crippen LogP contribution < -0.4 is 0 Å². The number of hydrogen-bond donors (Lipinski definition) is 1. The van der Waals surface area contributed by atoms with E-state index in [0.717, 1.165) is 6.07 Å². The van der Waals surface area contributed by atoms with E-state index in [0.29, 0.717) is 4.31 Å². The summed E-state index contributed by atoms with van der Waals surface area (Å²) in [5, 5.41) is 8.67. The van der Waals surface area contributed by atoms with Gasteiger partial charge in [0, 0.05) is 26.3 Å². The average Bonchev–Trinajstić information content (AvgIpc) is 2.76. The van der Waals surface area contributed by atoms with E-state index < -0.39 is 27.8 Å². The number of fused-ring (bicyclic) bond motifs is 1. The molecule has 9 nitrogen and oxygen atoms in total. The highest BCUT2D eigenvalue weighted by atomic mass is 32.2. The molecule has 0 saturated heterocycles. The highest BCUT2D eigenvalue weighted by Crippen LogP contribution is 2.31. The Morgan fingerprint density at radius 3 is 2.60 bits per heavy atom. The number of amides is 2. The molecule has 1 aliphatic rings. The number of carboxylic acid groups (broad SMARTS) is 1. The lowest BCUT2D eigenvalue weighted by molar-refractivity contribution is -0.137. The van der Waals surface area contributed by atoms with Gasteiger partial charge in [0.25, 0.3) is 21.8 Å². The summed E-state index contributed by atoms with van der Waals surface area (Å²) in [5.74, 6) is -2.23. The third-order valence-corrected chi connectivity index (χ3v) is 5.58. The minimum atomic E-state index is -4.04. The first kappa shape index (κ1) is 18.9. The first-order valence-corrected chi connectivity index (χ1v) is 8.81. The minimum absolute atomic E-state index is 0.000780. The van der Waals surface area contributed by atoms with Crippen LogP contribution in [0.4, 0.5) is 0 Å². The van der Waals surface area contributed by atoms with E-state index in [1.165, 1.54) is 31.2 Å². The summed E-state index contributed by atoms with van der Waals surface area (Å²) in [6, 6.07) is 3.79. The number of methoxy groups -OCH3 is 1. The molecular weight excluding hydrogens is 352 g/mol. The Kier molecular flexibility index (Phi) is 5.43. The molecule has 2 rings (SSSR count). The van der Waals surface area contributed by atoms with Crippen molar-refractivity contribution >= 4 is 27.8 Å². The monoisotopic (exact) mass is 370 g/mol. The van der Waals surface area contributed by atoms with E-state index in [2.05, 4.69) is 0 Å². The number of carboxylic acids is 1. The predicted octanol–water partition coefficient (Wildman–Crippen LogP) is 0.0242. The van der Waals surface area contributed by atoms with E-state index in [1.807, 2.05) is 0 Å². The van der Waals surface area contributed by atoms with Gasteiger partial charge in [-0.25, -0.2) is 12.7 Å². The van der Waals surface area contributed by atoms with E-state index in [1.54, 1.807) is 0 Å². The van der Waals surface area contributed by atoms with Crippen molar-refractivity contribution in [2.45, 2.75) is 11.3 Å². The molecule has 10 heteroatoms. The zero-order valence-corrected chi connectivity index (χ0v) is 14.6. The van der Waals surface area contributed by atoms with Gasteiger partial charge < -0.3 is 14.7 Å². The number of ether oxygens (including phenoxy) is 1. The molecule has 1 N–H and O–H groups in total. The second kappa shape index (κ2) is 7.19. The molecule has 1 aromatic rings. The van der Waals surface area contributed by atoms with Crippen LogP contribution in [0.3, 0.4) is 0 Å². The molecule has 2 amide bonds. The highest BCUT2D eigenvalue weighted by Gasteiger charge is 2.41. The molecule has 25 heavy (non-hydrogen) atoms. The van der Waals surface area contributed by atoms with Crippen LogP contribution in [-0.2, 0) is 19.6 Å². The molecule has 0 saturated carbocycles. The maximum atomic E-state index is 12.5. The standard InChI is InChI=1S/C15H18N2O7S/c1-16(6-5-13(18)19)14(20)10-3-4-11-12(9-10)25(22,23)17(15(11)21)7-8-24-2/h3-4,9H,5-8H2,1-2H3,(H,18,19). The molecule has 1 aromatic carbocycles. The van der Waals surface area contributed by atoms with E-state index >= 15 is 0 Å². The maximum absolute atomic E-state index is 12.5. The molecule has 0 radical (unpaired) electrons. The van der Waals surface area contributed by atoms with Gasteiger partial charge in [0.15, 0.2) is 0 Å². The van der Waals surface area contributed by atoms with Gasteiger partial charge in [-0.3, -0.25) is 14.4 Å². The lowest BCUT2D eigenvalue weighted by Gasteiger charge is -2.16. The lowest BCUT2D eigenvalue weighted by Crippen LogP contribution is -2.33. The second-order valence-electron chi connectivity index (χ2n) is 5.46. The Balaban J connectivity index is 2.30. The molecule has 0 aliphatic carbocycles. The molecule has 0 aromatic heterocycles. The van der Waals surface area contributed by atoms with Crippen molar-refractivity contribution in [2.75, 3.05) is 33.9 Å². The SMILES string of the molecule is COCCN1C(=O)c2ccc(C(=O)N(C)CCC(=O)O)cc2S1(=O)=O. The normalized spacial score (nSPS) is 15.1. The molecule has 0 fully saturated rings. The number of aliphatic carboxylic acids is 1. The number of rotatable bonds is 7. The van der Waals surface area contributed by atoms with E-state index in [9.17, 15) is 22.8 Å². The Morgan fingerprint density at radius 2 is 2.00 bits per heavy atom. The second-order valence-corrected chi connectivity index (χ2v) is 7.29. The number of carbonyl (C=O) groups excluding carboxylic acids is 2. The quantitative estimate of drug-likeness (QED) is 0.718.